The van der Waals surface area contributed by atoms with Crippen molar-refractivity contribution in [3.63, 3.8) is 0 Å². The fourth-order valence-electron chi connectivity index (χ4n) is 4.52. The number of rotatable bonds is 12. The van der Waals surface area contributed by atoms with Crippen molar-refractivity contribution >= 4 is 9.84 Å². The van der Waals surface area contributed by atoms with Crippen molar-refractivity contribution in [2.24, 2.45) is 0 Å². The van der Waals surface area contributed by atoms with Crippen molar-refractivity contribution in [1.29, 1.82) is 0 Å². The van der Waals surface area contributed by atoms with E-state index in [1.165, 1.54) is 24.3 Å². The molecule has 0 aliphatic carbocycles. The first-order valence-electron chi connectivity index (χ1n) is 13.5. The first-order valence-corrected chi connectivity index (χ1v) is 15.0. The van der Waals surface area contributed by atoms with Crippen LogP contribution in [0.3, 0.4) is 0 Å². The predicted molar refractivity (Wildman–Crippen MR) is 156 cm³/mol. The van der Waals surface area contributed by atoms with Crippen molar-refractivity contribution in [2.45, 2.75) is 48.7 Å². The SMILES string of the molecule is O=S(=O)(C1=C[C@](O)(OCc2ccccc2)[C@@](O)(OCc2ccccc2)[C@@H](C(O)OCc2ccccc2)O1)c1ccccc1. The third-order valence-electron chi connectivity index (χ3n) is 6.90. The van der Waals surface area contributed by atoms with Gasteiger partial charge >= 0.3 is 0 Å². The zero-order valence-electron chi connectivity index (χ0n) is 23.1. The second kappa shape index (κ2) is 13.2. The summed E-state index contributed by atoms with van der Waals surface area (Å²) in [5.41, 5.74) is 1.92. The highest BCUT2D eigenvalue weighted by atomic mass is 32.2. The van der Waals surface area contributed by atoms with E-state index in [0.29, 0.717) is 16.7 Å². The Morgan fingerprint density at radius 3 is 1.63 bits per heavy atom. The second-order valence-corrected chi connectivity index (χ2v) is 11.8. The van der Waals surface area contributed by atoms with E-state index in [1.807, 2.05) is 6.07 Å². The van der Waals surface area contributed by atoms with Gasteiger partial charge in [0, 0.05) is 6.08 Å². The van der Waals surface area contributed by atoms with E-state index in [4.69, 9.17) is 18.9 Å². The van der Waals surface area contributed by atoms with Gasteiger partial charge in [0.25, 0.3) is 11.6 Å². The van der Waals surface area contributed by atoms with Gasteiger partial charge < -0.3 is 34.3 Å². The summed E-state index contributed by atoms with van der Waals surface area (Å²) in [6, 6.07) is 33.9. The molecule has 4 aromatic rings. The topological polar surface area (TPSA) is 132 Å². The predicted octanol–water partition coefficient (Wildman–Crippen LogP) is 4.05. The van der Waals surface area contributed by atoms with Crippen molar-refractivity contribution in [1.82, 2.24) is 0 Å². The molecule has 0 amide bonds. The molecule has 1 aliphatic heterocycles. The van der Waals surface area contributed by atoms with Crippen LogP contribution in [0.4, 0.5) is 0 Å². The minimum Gasteiger partial charge on any atom is -0.468 e. The Morgan fingerprint density at radius 2 is 1.12 bits per heavy atom. The van der Waals surface area contributed by atoms with Gasteiger partial charge in [-0.15, -0.1) is 0 Å². The Bertz CT molecular complexity index is 1600. The number of hydrogen-bond acceptors (Lipinski definition) is 9. The quantitative estimate of drug-likeness (QED) is 0.205. The van der Waals surface area contributed by atoms with Crippen LogP contribution in [0.2, 0.25) is 0 Å². The van der Waals surface area contributed by atoms with E-state index in [1.54, 1.807) is 91.0 Å². The van der Waals surface area contributed by atoms with Gasteiger partial charge in [-0.2, -0.15) is 0 Å². The summed E-state index contributed by atoms with van der Waals surface area (Å²) in [4.78, 5) is -0.138. The lowest BCUT2D eigenvalue weighted by Crippen LogP contribution is -2.69. The summed E-state index contributed by atoms with van der Waals surface area (Å²) in [5, 5.41) is 34.6. The summed E-state index contributed by atoms with van der Waals surface area (Å²) in [6.45, 7) is -0.629. The van der Waals surface area contributed by atoms with Crippen LogP contribution >= 0.6 is 0 Å². The lowest BCUT2D eigenvalue weighted by atomic mass is 9.95. The highest BCUT2D eigenvalue weighted by molar-refractivity contribution is 7.95. The van der Waals surface area contributed by atoms with Crippen LogP contribution < -0.4 is 0 Å². The first kappa shape index (κ1) is 30.6. The summed E-state index contributed by atoms with van der Waals surface area (Å²) >= 11 is 0. The van der Waals surface area contributed by atoms with Gasteiger partial charge in [0.1, 0.15) is 0 Å². The molecule has 224 valence electrons. The molecule has 4 aromatic carbocycles. The molecule has 4 atom stereocenters. The summed E-state index contributed by atoms with van der Waals surface area (Å²) < 4.78 is 50.5. The fraction of sp³-hybridized carbons (Fsp3) is 0.212. The standard InChI is InChI=1S/C33H32O9S/c34-31(39-22-25-13-5-1-6-14-25)30-33(36,41-24-27-17-9-3-10-18-27)32(35,40-23-26-15-7-2-8-16-26)21-29(42-30)43(37,38)28-19-11-4-12-20-28/h1-21,30-31,34-36H,22-24H2/t30-,31?,32+,33+/m1/s1. The second-order valence-electron chi connectivity index (χ2n) is 9.95. The average molecular weight is 605 g/mol. The van der Waals surface area contributed by atoms with Crippen LogP contribution in [0, 0.1) is 0 Å². The molecule has 1 unspecified atom stereocenters. The van der Waals surface area contributed by atoms with Gasteiger partial charge in [-0.05, 0) is 28.8 Å². The van der Waals surface area contributed by atoms with Gasteiger partial charge in [-0.3, -0.25) is 0 Å². The molecule has 0 fully saturated rings. The van der Waals surface area contributed by atoms with Crippen LogP contribution in [-0.4, -0.2) is 47.7 Å². The first-order chi connectivity index (χ1) is 20.7. The Kier molecular flexibility index (Phi) is 9.38. The van der Waals surface area contributed by atoms with Crippen LogP contribution in [0.25, 0.3) is 0 Å². The molecule has 0 radical (unpaired) electrons. The van der Waals surface area contributed by atoms with E-state index >= 15 is 0 Å². The molecule has 43 heavy (non-hydrogen) atoms. The minimum absolute atomic E-state index is 0.121. The molecular weight excluding hydrogens is 572 g/mol. The molecule has 5 rings (SSSR count). The van der Waals surface area contributed by atoms with E-state index in [-0.39, 0.29) is 24.7 Å². The van der Waals surface area contributed by atoms with Crippen LogP contribution in [0.15, 0.2) is 137 Å². The molecule has 1 aliphatic rings. The molecule has 0 spiro atoms. The number of ether oxygens (including phenoxy) is 4. The molecule has 1 heterocycles. The molecule has 0 saturated heterocycles. The van der Waals surface area contributed by atoms with Crippen LogP contribution in [0.1, 0.15) is 16.7 Å². The Morgan fingerprint density at radius 1 is 0.674 bits per heavy atom. The maximum absolute atomic E-state index is 13.7. The number of hydrogen-bond donors (Lipinski definition) is 3. The van der Waals surface area contributed by atoms with E-state index in [9.17, 15) is 23.7 Å². The van der Waals surface area contributed by atoms with E-state index < -0.39 is 38.9 Å². The monoisotopic (exact) mass is 604 g/mol. The Hall–Kier alpha value is -3.87. The third kappa shape index (κ3) is 6.87. The van der Waals surface area contributed by atoms with E-state index in [0.717, 1.165) is 6.08 Å². The maximum Gasteiger partial charge on any atom is 0.269 e. The number of aliphatic hydroxyl groups is 3. The lowest BCUT2D eigenvalue weighted by molar-refractivity contribution is -0.424. The van der Waals surface area contributed by atoms with Crippen LogP contribution in [-0.2, 0) is 48.6 Å². The van der Waals surface area contributed by atoms with Crippen molar-refractivity contribution in [3.8, 4) is 0 Å². The smallest absolute Gasteiger partial charge is 0.269 e. The number of benzene rings is 4. The molecular formula is C33H32O9S. The summed E-state index contributed by atoms with van der Waals surface area (Å²) in [5.74, 6) is -5.70. The van der Waals surface area contributed by atoms with E-state index in [2.05, 4.69) is 0 Å². The minimum atomic E-state index is -4.40. The molecule has 10 heteroatoms. The normalized spacial score (nSPS) is 22.8. The third-order valence-corrected chi connectivity index (χ3v) is 8.54. The zero-order chi connectivity index (χ0) is 30.3. The Labute approximate surface area is 250 Å². The van der Waals surface area contributed by atoms with Gasteiger partial charge in [0.15, 0.2) is 6.29 Å². The highest BCUT2D eigenvalue weighted by Gasteiger charge is 2.64. The molecule has 0 aromatic heterocycles. The fourth-order valence-corrected chi connectivity index (χ4v) is 5.82. The van der Waals surface area contributed by atoms with Gasteiger partial charge in [0.2, 0.25) is 21.0 Å². The Balaban J connectivity index is 1.56. The molecule has 0 bridgehead atoms. The summed E-state index contributed by atoms with van der Waals surface area (Å²) in [6.07, 6.45) is -3.22. The van der Waals surface area contributed by atoms with Crippen molar-refractivity contribution in [2.75, 3.05) is 0 Å². The van der Waals surface area contributed by atoms with Gasteiger partial charge in [-0.1, -0.05) is 109 Å². The van der Waals surface area contributed by atoms with Crippen LogP contribution in [0.5, 0.6) is 0 Å². The van der Waals surface area contributed by atoms with Gasteiger partial charge in [0.05, 0.1) is 24.7 Å². The lowest BCUT2D eigenvalue weighted by Gasteiger charge is -2.48. The van der Waals surface area contributed by atoms with Gasteiger partial charge in [-0.25, -0.2) is 8.42 Å². The van der Waals surface area contributed by atoms with Crippen molar-refractivity contribution < 1.29 is 42.7 Å². The maximum atomic E-state index is 13.7. The summed E-state index contributed by atoms with van der Waals surface area (Å²) in [7, 11) is -4.40. The molecule has 0 saturated carbocycles. The number of aliphatic hydroxyl groups excluding tert-OH is 1. The highest BCUT2D eigenvalue weighted by Crippen LogP contribution is 2.43. The average Bonchev–Trinajstić information content (AvgIpc) is 3.05. The molecule has 3 N–H and O–H groups in total. The largest absolute Gasteiger partial charge is 0.468 e. The van der Waals surface area contributed by atoms with Crippen molar-refractivity contribution in [3.05, 3.63) is 149 Å². The number of sulfone groups is 1. The zero-order valence-corrected chi connectivity index (χ0v) is 23.9. The molecule has 9 nitrogen and oxygen atoms in total.